The van der Waals surface area contributed by atoms with Crippen molar-refractivity contribution in [1.29, 1.82) is 0 Å². The van der Waals surface area contributed by atoms with Gasteiger partial charge in [0.25, 0.3) is 0 Å². The van der Waals surface area contributed by atoms with Crippen molar-refractivity contribution < 1.29 is 17.9 Å². The Balaban J connectivity index is 1.49. The molecule has 1 heterocycles. The molecule has 0 unspecified atom stereocenters. The summed E-state index contributed by atoms with van der Waals surface area (Å²) in [7, 11) is -1.80. The number of hydrogen-bond acceptors (Lipinski definition) is 5. The van der Waals surface area contributed by atoms with Crippen molar-refractivity contribution in [3.8, 4) is 11.5 Å². The van der Waals surface area contributed by atoms with Gasteiger partial charge in [-0.3, -0.25) is 4.90 Å². The second-order valence-electron chi connectivity index (χ2n) is 7.04. The summed E-state index contributed by atoms with van der Waals surface area (Å²) in [6, 6.07) is 13.0. The van der Waals surface area contributed by atoms with Crippen LogP contribution in [-0.4, -0.2) is 64.1 Å². The highest BCUT2D eigenvalue weighted by Gasteiger charge is 2.29. The lowest BCUT2D eigenvalue weighted by Gasteiger charge is -2.34. The maximum absolute atomic E-state index is 12.9. The van der Waals surface area contributed by atoms with Crippen LogP contribution in [0.2, 0.25) is 0 Å². The molecule has 2 aromatic rings. The van der Waals surface area contributed by atoms with Crippen molar-refractivity contribution in [2.75, 3.05) is 46.4 Å². The molecule has 6 nitrogen and oxygen atoms in total. The minimum Gasteiger partial charge on any atom is -0.497 e. The first-order valence-electron chi connectivity index (χ1n) is 9.47. The summed E-state index contributed by atoms with van der Waals surface area (Å²) in [5.74, 6) is 1.60. The highest BCUT2D eigenvalue weighted by molar-refractivity contribution is 7.89. The smallest absolute Gasteiger partial charge is 0.243 e. The molecule has 0 radical (unpaired) electrons. The number of ether oxygens (including phenoxy) is 2. The van der Waals surface area contributed by atoms with E-state index >= 15 is 0 Å². The topological polar surface area (TPSA) is 59.1 Å². The molecule has 7 heteroatoms. The van der Waals surface area contributed by atoms with Crippen LogP contribution in [0, 0.1) is 13.8 Å². The van der Waals surface area contributed by atoms with Crippen LogP contribution in [0.3, 0.4) is 0 Å². The van der Waals surface area contributed by atoms with E-state index in [1.54, 1.807) is 17.5 Å². The molecule has 0 atom stereocenters. The molecule has 1 fully saturated rings. The number of aryl methyl sites for hydroxylation is 2. The monoisotopic (exact) mass is 404 g/mol. The fourth-order valence-corrected chi connectivity index (χ4v) is 5.01. The standard InChI is InChI=1S/C21H28N2O4S/c1-17-4-9-21(18(2)16-17)28(24,25)23-12-10-22(11-13-23)14-15-27-20-7-5-19(26-3)6-8-20/h4-9,16H,10-15H2,1-3H3. The maximum Gasteiger partial charge on any atom is 0.243 e. The molecule has 1 saturated heterocycles. The fraction of sp³-hybridized carbons (Fsp3) is 0.429. The molecule has 1 aliphatic rings. The van der Waals surface area contributed by atoms with E-state index in [0.29, 0.717) is 37.7 Å². The molecule has 1 aliphatic heterocycles. The Labute approximate surface area is 167 Å². The van der Waals surface area contributed by atoms with E-state index in [-0.39, 0.29) is 0 Å². The first-order valence-corrected chi connectivity index (χ1v) is 10.9. The Morgan fingerprint density at radius 1 is 0.929 bits per heavy atom. The molecule has 0 spiro atoms. The Bertz CT molecular complexity index is 889. The maximum atomic E-state index is 12.9. The first-order chi connectivity index (χ1) is 13.4. The van der Waals surface area contributed by atoms with Gasteiger partial charge in [-0.2, -0.15) is 4.31 Å². The van der Waals surface area contributed by atoms with E-state index in [1.807, 2.05) is 50.2 Å². The summed E-state index contributed by atoms with van der Waals surface area (Å²) in [5.41, 5.74) is 1.87. The van der Waals surface area contributed by atoms with E-state index in [9.17, 15) is 8.42 Å². The lowest BCUT2D eigenvalue weighted by molar-refractivity contribution is 0.159. The van der Waals surface area contributed by atoms with Crippen molar-refractivity contribution in [3.05, 3.63) is 53.6 Å². The van der Waals surface area contributed by atoms with Gasteiger partial charge in [0, 0.05) is 32.7 Å². The van der Waals surface area contributed by atoms with Gasteiger partial charge >= 0.3 is 0 Å². The zero-order valence-electron chi connectivity index (χ0n) is 16.7. The van der Waals surface area contributed by atoms with Crippen LogP contribution < -0.4 is 9.47 Å². The molecule has 0 amide bonds. The Morgan fingerprint density at radius 3 is 2.18 bits per heavy atom. The Kier molecular flexibility index (Phi) is 6.59. The van der Waals surface area contributed by atoms with Crippen LogP contribution in [0.4, 0.5) is 0 Å². The summed E-state index contributed by atoms with van der Waals surface area (Å²) >= 11 is 0. The minimum atomic E-state index is -3.44. The fourth-order valence-electron chi connectivity index (χ4n) is 3.39. The summed E-state index contributed by atoms with van der Waals surface area (Å²) in [5, 5.41) is 0. The lowest BCUT2D eigenvalue weighted by Crippen LogP contribution is -2.49. The number of benzene rings is 2. The highest BCUT2D eigenvalue weighted by atomic mass is 32.2. The van der Waals surface area contributed by atoms with Crippen molar-refractivity contribution in [2.24, 2.45) is 0 Å². The Hall–Kier alpha value is -2.09. The third kappa shape index (κ3) is 4.84. The van der Waals surface area contributed by atoms with Crippen molar-refractivity contribution in [1.82, 2.24) is 9.21 Å². The van der Waals surface area contributed by atoms with Gasteiger partial charge in [0.05, 0.1) is 12.0 Å². The highest BCUT2D eigenvalue weighted by Crippen LogP contribution is 2.22. The molecule has 0 N–H and O–H groups in total. The van der Waals surface area contributed by atoms with E-state index in [2.05, 4.69) is 4.90 Å². The number of piperazine rings is 1. The van der Waals surface area contributed by atoms with Crippen LogP contribution in [0.25, 0.3) is 0 Å². The molecule has 0 aromatic heterocycles. The number of methoxy groups -OCH3 is 1. The number of hydrogen-bond donors (Lipinski definition) is 0. The molecule has 0 saturated carbocycles. The van der Waals surface area contributed by atoms with Gasteiger partial charge < -0.3 is 9.47 Å². The second kappa shape index (κ2) is 8.94. The molecule has 3 rings (SSSR count). The van der Waals surface area contributed by atoms with Gasteiger partial charge in [0.15, 0.2) is 0 Å². The van der Waals surface area contributed by atoms with E-state index < -0.39 is 10.0 Å². The predicted molar refractivity (Wildman–Crippen MR) is 110 cm³/mol. The summed E-state index contributed by atoms with van der Waals surface area (Å²) in [6.07, 6.45) is 0. The zero-order chi connectivity index (χ0) is 20.1. The van der Waals surface area contributed by atoms with Crippen LogP contribution in [0.5, 0.6) is 11.5 Å². The van der Waals surface area contributed by atoms with Gasteiger partial charge in [-0.25, -0.2) is 8.42 Å². The average molecular weight is 405 g/mol. The molecule has 0 bridgehead atoms. The SMILES string of the molecule is COc1ccc(OCCN2CCN(S(=O)(=O)c3ccc(C)cc3C)CC2)cc1. The van der Waals surface area contributed by atoms with E-state index in [1.165, 1.54) is 0 Å². The van der Waals surface area contributed by atoms with Gasteiger partial charge in [0.1, 0.15) is 18.1 Å². The molecule has 0 aliphatic carbocycles. The number of nitrogens with zero attached hydrogens (tertiary/aromatic N) is 2. The summed E-state index contributed by atoms with van der Waals surface area (Å²) in [4.78, 5) is 2.65. The number of rotatable bonds is 7. The summed E-state index contributed by atoms with van der Waals surface area (Å²) < 4.78 is 38.4. The largest absolute Gasteiger partial charge is 0.497 e. The van der Waals surface area contributed by atoms with Crippen molar-refractivity contribution >= 4 is 10.0 Å². The minimum absolute atomic E-state index is 0.411. The molecule has 152 valence electrons. The van der Waals surface area contributed by atoms with Crippen LogP contribution in [-0.2, 0) is 10.0 Å². The number of sulfonamides is 1. The van der Waals surface area contributed by atoms with Crippen LogP contribution in [0.1, 0.15) is 11.1 Å². The molecule has 2 aromatic carbocycles. The third-order valence-corrected chi connectivity index (χ3v) is 7.07. The average Bonchev–Trinajstić information content (AvgIpc) is 2.68. The van der Waals surface area contributed by atoms with E-state index in [4.69, 9.17) is 9.47 Å². The lowest BCUT2D eigenvalue weighted by atomic mass is 10.2. The Morgan fingerprint density at radius 2 is 1.57 bits per heavy atom. The summed E-state index contributed by atoms with van der Waals surface area (Å²) in [6.45, 7) is 7.56. The predicted octanol–water partition coefficient (Wildman–Crippen LogP) is 2.70. The quantitative estimate of drug-likeness (QED) is 0.710. The van der Waals surface area contributed by atoms with Crippen LogP contribution in [0.15, 0.2) is 47.4 Å². The van der Waals surface area contributed by atoms with Gasteiger partial charge in [-0.15, -0.1) is 0 Å². The van der Waals surface area contributed by atoms with Crippen LogP contribution >= 0.6 is 0 Å². The zero-order valence-corrected chi connectivity index (χ0v) is 17.5. The van der Waals surface area contributed by atoms with E-state index in [0.717, 1.165) is 29.2 Å². The molecular formula is C21H28N2O4S. The third-order valence-electron chi connectivity index (χ3n) is 5.02. The van der Waals surface area contributed by atoms with Gasteiger partial charge in [0.2, 0.25) is 10.0 Å². The molecular weight excluding hydrogens is 376 g/mol. The van der Waals surface area contributed by atoms with Crippen molar-refractivity contribution in [3.63, 3.8) is 0 Å². The first kappa shape index (κ1) is 20.6. The van der Waals surface area contributed by atoms with Gasteiger partial charge in [-0.05, 0) is 49.7 Å². The normalized spacial score (nSPS) is 16.1. The molecule has 28 heavy (non-hydrogen) atoms. The van der Waals surface area contributed by atoms with Crippen molar-refractivity contribution in [2.45, 2.75) is 18.7 Å². The van der Waals surface area contributed by atoms with Gasteiger partial charge in [-0.1, -0.05) is 17.7 Å². The second-order valence-corrected chi connectivity index (χ2v) is 8.95.